The molecule has 1 aliphatic carbocycles. The van der Waals surface area contributed by atoms with Crippen molar-refractivity contribution in [1.82, 2.24) is 14.5 Å². The molecule has 2 aliphatic rings. The van der Waals surface area contributed by atoms with E-state index in [1.807, 2.05) is 26.2 Å². The molecule has 2 aromatic carbocycles. The Labute approximate surface area is 207 Å². The maximum Gasteiger partial charge on any atom is 0.450 e. The standard InChI is InChI=1S/C27H29F4N3O2/c1-33(2)22-10-11-26(24(22)17-4-6-19(28)7-5-17)15-18(16-36-26)21-14-20(8-9-23(21)35-3)34-13-12-32-25(34)27(29,30)31/h4-9,12-14,18,22,24H,10-11,15-16H2,1-3H3/t18-,22+,24+,26-/m1/s1. The molecule has 3 aromatic rings. The number of hydrogen-bond acceptors (Lipinski definition) is 4. The number of aromatic nitrogens is 2. The summed E-state index contributed by atoms with van der Waals surface area (Å²) in [5.74, 6) is -0.673. The number of rotatable bonds is 5. The van der Waals surface area contributed by atoms with Crippen LogP contribution in [0.4, 0.5) is 17.6 Å². The van der Waals surface area contributed by atoms with Crippen LogP contribution in [0.15, 0.2) is 54.9 Å². The molecule has 2 fully saturated rings. The topological polar surface area (TPSA) is 39.5 Å². The van der Waals surface area contributed by atoms with Crippen molar-refractivity contribution in [1.29, 1.82) is 0 Å². The molecule has 5 nitrogen and oxygen atoms in total. The average molecular weight is 504 g/mol. The van der Waals surface area contributed by atoms with Crippen molar-refractivity contribution < 1.29 is 27.0 Å². The number of imidazole rings is 1. The van der Waals surface area contributed by atoms with E-state index in [1.54, 1.807) is 25.3 Å². The molecule has 0 N–H and O–H groups in total. The van der Waals surface area contributed by atoms with Crippen LogP contribution >= 0.6 is 0 Å². The summed E-state index contributed by atoms with van der Waals surface area (Å²) < 4.78 is 67.4. The first kappa shape index (κ1) is 24.8. The number of benzene rings is 2. The molecule has 2 heterocycles. The van der Waals surface area contributed by atoms with Gasteiger partial charge >= 0.3 is 6.18 Å². The summed E-state index contributed by atoms with van der Waals surface area (Å²) in [6.45, 7) is 0.424. The largest absolute Gasteiger partial charge is 0.496 e. The number of halogens is 4. The Morgan fingerprint density at radius 2 is 1.89 bits per heavy atom. The third-order valence-electron chi connectivity index (χ3n) is 7.70. The fourth-order valence-corrected chi connectivity index (χ4v) is 6.12. The number of nitrogens with zero attached hydrogens (tertiary/aromatic N) is 3. The van der Waals surface area contributed by atoms with Gasteiger partial charge in [0, 0.05) is 41.5 Å². The van der Waals surface area contributed by atoms with Gasteiger partial charge in [-0.2, -0.15) is 13.2 Å². The fourth-order valence-electron chi connectivity index (χ4n) is 6.12. The molecule has 4 atom stereocenters. The predicted molar refractivity (Wildman–Crippen MR) is 127 cm³/mol. The maximum absolute atomic E-state index is 13.7. The lowest BCUT2D eigenvalue weighted by Gasteiger charge is -2.36. The van der Waals surface area contributed by atoms with Crippen LogP contribution in [0.3, 0.4) is 0 Å². The first-order valence-corrected chi connectivity index (χ1v) is 12.0. The second-order valence-corrected chi connectivity index (χ2v) is 9.92. The molecular formula is C27H29F4N3O2. The number of methoxy groups -OCH3 is 1. The molecule has 9 heteroatoms. The predicted octanol–water partition coefficient (Wildman–Crippen LogP) is 5.79. The molecule has 0 amide bonds. The van der Waals surface area contributed by atoms with Crippen molar-refractivity contribution in [3.8, 4) is 11.4 Å². The number of hydrogen-bond donors (Lipinski definition) is 0. The molecular weight excluding hydrogens is 474 g/mol. The minimum Gasteiger partial charge on any atom is -0.496 e. The summed E-state index contributed by atoms with van der Waals surface area (Å²) in [5, 5.41) is 0. The van der Waals surface area contributed by atoms with E-state index < -0.39 is 17.6 Å². The van der Waals surface area contributed by atoms with E-state index in [0.29, 0.717) is 24.5 Å². The zero-order valence-corrected chi connectivity index (χ0v) is 20.4. The van der Waals surface area contributed by atoms with Gasteiger partial charge in [-0.15, -0.1) is 0 Å². The summed E-state index contributed by atoms with van der Waals surface area (Å²) in [7, 11) is 5.65. The van der Waals surface area contributed by atoms with E-state index in [0.717, 1.165) is 34.7 Å². The zero-order valence-electron chi connectivity index (χ0n) is 20.4. The van der Waals surface area contributed by atoms with E-state index in [2.05, 4.69) is 9.88 Å². The third-order valence-corrected chi connectivity index (χ3v) is 7.70. The lowest BCUT2D eigenvalue weighted by Crippen LogP contribution is -2.40. The van der Waals surface area contributed by atoms with E-state index in [-0.39, 0.29) is 23.7 Å². The van der Waals surface area contributed by atoms with E-state index in [1.165, 1.54) is 18.3 Å². The highest BCUT2D eigenvalue weighted by atomic mass is 19.4. The van der Waals surface area contributed by atoms with Crippen LogP contribution in [0.1, 0.15) is 48.0 Å². The van der Waals surface area contributed by atoms with E-state index in [4.69, 9.17) is 9.47 Å². The maximum atomic E-state index is 13.7. The molecule has 0 radical (unpaired) electrons. The van der Waals surface area contributed by atoms with Gasteiger partial charge in [-0.1, -0.05) is 12.1 Å². The third kappa shape index (κ3) is 4.28. The van der Waals surface area contributed by atoms with Crippen molar-refractivity contribution in [2.75, 3.05) is 27.8 Å². The van der Waals surface area contributed by atoms with Gasteiger partial charge in [-0.3, -0.25) is 4.57 Å². The highest BCUT2D eigenvalue weighted by Gasteiger charge is 2.55. The number of ether oxygens (including phenoxy) is 2. The van der Waals surface area contributed by atoms with Crippen molar-refractivity contribution in [2.24, 2.45) is 0 Å². The molecule has 1 saturated carbocycles. The quantitative estimate of drug-likeness (QED) is 0.414. The van der Waals surface area contributed by atoms with Gasteiger partial charge in [-0.05, 0) is 69.3 Å². The molecule has 5 rings (SSSR count). The van der Waals surface area contributed by atoms with Crippen LogP contribution in [0.25, 0.3) is 5.69 Å². The lowest BCUT2D eigenvalue weighted by molar-refractivity contribution is -0.145. The van der Waals surface area contributed by atoms with Crippen molar-refractivity contribution in [3.05, 3.63) is 77.6 Å². The van der Waals surface area contributed by atoms with Crippen molar-refractivity contribution in [2.45, 2.75) is 48.9 Å². The monoisotopic (exact) mass is 503 g/mol. The number of alkyl halides is 3. The molecule has 1 spiro atoms. The summed E-state index contributed by atoms with van der Waals surface area (Å²) in [6.07, 6.45) is 0.351. The van der Waals surface area contributed by atoms with Gasteiger partial charge in [0.2, 0.25) is 5.82 Å². The van der Waals surface area contributed by atoms with Crippen molar-refractivity contribution >= 4 is 0 Å². The molecule has 1 saturated heterocycles. The smallest absolute Gasteiger partial charge is 0.450 e. The summed E-state index contributed by atoms with van der Waals surface area (Å²) >= 11 is 0. The Bertz CT molecular complexity index is 1220. The zero-order chi connectivity index (χ0) is 25.7. The first-order valence-electron chi connectivity index (χ1n) is 12.0. The minimum absolute atomic E-state index is 0.0396. The SMILES string of the molecule is COc1ccc(-n2ccnc2C(F)(F)F)cc1[C@H]1CO[C@]2(CC[C@H](N(C)C)[C@@H]2c2ccc(F)cc2)C1. The van der Waals surface area contributed by atoms with E-state index in [9.17, 15) is 17.6 Å². The highest BCUT2D eigenvalue weighted by Crippen LogP contribution is 2.55. The second kappa shape index (κ2) is 9.19. The lowest BCUT2D eigenvalue weighted by atomic mass is 9.78. The van der Waals surface area contributed by atoms with Gasteiger partial charge in [-0.25, -0.2) is 9.37 Å². The van der Waals surface area contributed by atoms with Crippen LogP contribution < -0.4 is 4.74 Å². The number of likely N-dealkylation sites (N-methyl/N-ethyl adjacent to an activating group) is 1. The van der Waals surface area contributed by atoms with Gasteiger partial charge in [0.1, 0.15) is 11.6 Å². The summed E-state index contributed by atoms with van der Waals surface area (Å²) in [4.78, 5) is 5.71. The molecule has 192 valence electrons. The normalized spacial score (nSPS) is 26.3. The van der Waals surface area contributed by atoms with E-state index >= 15 is 0 Å². The minimum atomic E-state index is -4.57. The molecule has 0 unspecified atom stereocenters. The van der Waals surface area contributed by atoms with Crippen molar-refractivity contribution in [3.63, 3.8) is 0 Å². The fraction of sp³-hybridized carbons (Fsp3) is 0.444. The second-order valence-electron chi connectivity index (χ2n) is 9.92. The first-order chi connectivity index (χ1) is 17.1. The average Bonchev–Trinajstić information content (AvgIpc) is 3.58. The van der Waals surface area contributed by atoms with Crippen LogP contribution in [0.2, 0.25) is 0 Å². The Morgan fingerprint density at radius 1 is 1.14 bits per heavy atom. The van der Waals surface area contributed by atoms with Gasteiger partial charge in [0.05, 0.1) is 19.3 Å². The molecule has 0 bridgehead atoms. The molecule has 1 aliphatic heterocycles. The van der Waals surface area contributed by atoms with Crippen LogP contribution in [0.5, 0.6) is 5.75 Å². The molecule has 36 heavy (non-hydrogen) atoms. The van der Waals surface area contributed by atoms with Crippen LogP contribution in [-0.2, 0) is 10.9 Å². The Kier molecular flexibility index (Phi) is 6.32. The highest BCUT2D eigenvalue weighted by molar-refractivity contribution is 5.48. The van der Waals surface area contributed by atoms with Gasteiger partial charge in [0.15, 0.2) is 0 Å². The Hall–Kier alpha value is -2.91. The van der Waals surface area contributed by atoms with Crippen LogP contribution in [0, 0.1) is 5.82 Å². The Balaban J connectivity index is 1.51. The van der Waals surface area contributed by atoms with Gasteiger partial charge < -0.3 is 14.4 Å². The summed E-state index contributed by atoms with van der Waals surface area (Å²) in [5.41, 5.74) is 1.75. The molecule has 1 aromatic heterocycles. The van der Waals surface area contributed by atoms with Crippen LogP contribution in [-0.4, -0.2) is 53.9 Å². The Morgan fingerprint density at radius 3 is 2.56 bits per heavy atom. The van der Waals surface area contributed by atoms with Gasteiger partial charge in [0.25, 0.3) is 0 Å². The summed E-state index contributed by atoms with van der Waals surface area (Å²) in [6, 6.07) is 11.9.